The number of hydrogen-bond acceptors (Lipinski definition) is 2. The van der Waals surface area contributed by atoms with Crippen LogP contribution in [0.3, 0.4) is 0 Å². The van der Waals surface area contributed by atoms with Gasteiger partial charge in [-0.25, -0.2) is 8.78 Å². The second-order valence-corrected chi connectivity index (χ2v) is 4.70. The van der Waals surface area contributed by atoms with Gasteiger partial charge in [-0.2, -0.15) is 4.74 Å². The molecular weight excluding hydrogens is 288 g/mol. The zero-order chi connectivity index (χ0) is 14.4. The SMILES string of the molecule is O=C1C(c2ccc(F)c(F)c2)=[N+]([O-])c2ccc(Cl)cc21. The van der Waals surface area contributed by atoms with Crippen LogP contribution < -0.4 is 0 Å². The largest absolute Gasteiger partial charge is 0.618 e. The van der Waals surface area contributed by atoms with Crippen LogP contribution in [-0.4, -0.2) is 16.2 Å². The van der Waals surface area contributed by atoms with E-state index in [2.05, 4.69) is 0 Å². The van der Waals surface area contributed by atoms with Crippen molar-refractivity contribution in [2.24, 2.45) is 0 Å². The molecule has 1 aliphatic rings. The molecule has 2 aromatic carbocycles. The third-order valence-corrected chi connectivity index (χ3v) is 3.27. The minimum Gasteiger partial charge on any atom is -0.618 e. The lowest BCUT2D eigenvalue weighted by molar-refractivity contribution is -0.355. The van der Waals surface area contributed by atoms with E-state index in [1.807, 2.05) is 0 Å². The Morgan fingerprint density at radius 1 is 1.05 bits per heavy atom. The Balaban J connectivity index is 2.18. The van der Waals surface area contributed by atoms with Gasteiger partial charge in [-0.05, 0) is 30.3 Å². The summed E-state index contributed by atoms with van der Waals surface area (Å²) in [5.41, 5.74) is 0.0590. The summed E-state index contributed by atoms with van der Waals surface area (Å²) in [4.78, 5) is 12.2. The van der Waals surface area contributed by atoms with Crippen molar-refractivity contribution < 1.29 is 18.3 Å². The van der Waals surface area contributed by atoms with E-state index in [4.69, 9.17) is 11.6 Å². The van der Waals surface area contributed by atoms with Crippen molar-refractivity contribution in [2.45, 2.75) is 0 Å². The van der Waals surface area contributed by atoms with Crippen LogP contribution >= 0.6 is 11.6 Å². The molecule has 3 rings (SSSR count). The summed E-state index contributed by atoms with van der Waals surface area (Å²) in [5.74, 6) is -2.73. The maximum absolute atomic E-state index is 13.2. The number of halogens is 3. The smallest absolute Gasteiger partial charge is 0.273 e. The lowest BCUT2D eigenvalue weighted by Gasteiger charge is -2.02. The van der Waals surface area contributed by atoms with Crippen molar-refractivity contribution in [1.29, 1.82) is 0 Å². The molecule has 0 atom stereocenters. The highest BCUT2D eigenvalue weighted by Gasteiger charge is 2.37. The third-order valence-electron chi connectivity index (χ3n) is 3.03. The van der Waals surface area contributed by atoms with Gasteiger partial charge in [0.25, 0.3) is 11.5 Å². The van der Waals surface area contributed by atoms with E-state index in [9.17, 15) is 18.8 Å². The molecule has 3 nitrogen and oxygen atoms in total. The van der Waals surface area contributed by atoms with Crippen LogP contribution in [0.15, 0.2) is 36.4 Å². The normalized spacial score (nSPS) is 13.8. The van der Waals surface area contributed by atoms with Gasteiger partial charge in [0.1, 0.15) is 5.56 Å². The molecule has 0 radical (unpaired) electrons. The second-order valence-electron chi connectivity index (χ2n) is 4.26. The standard InChI is InChI=1S/C14H6ClF2NO2/c15-8-2-4-12-9(6-8)14(19)13(18(12)20)7-1-3-10(16)11(17)5-7/h1-6H. The summed E-state index contributed by atoms with van der Waals surface area (Å²) in [6.45, 7) is 0. The fraction of sp³-hybridized carbons (Fsp3) is 0. The third kappa shape index (κ3) is 1.78. The van der Waals surface area contributed by atoms with E-state index in [0.717, 1.165) is 12.1 Å². The number of fused-ring (bicyclic) bond motifs is 1. The van der Waals surface area contributed by atoms with Gasteiger partial charge >= 0.3 is 0 Å². The maximum Gasteiger partial charge on any atom is 0.273 e. The van der Waals surface area contributed by atoms with Crippen molar-refractivity contribution in [3.63, 3.8) is 0 Å². The Morgan fingerprint density at radius 2 is 1.80 bits per heavy atom. The van der Waals surface area contributed by atoms with E-state index >= 15 is 0 Å². The first kappa shape index (κ1) is 12.7. The number of hydrogen-bond donors (Lipinski definition) is 0. The fourth-order valence-corrected chi connectivity index (χ4v) is 2.27. The Bertz CT molecular complexity index is 787. The highest BCUT2D eigenvalue weighted by Crippen LogP contribution is 2.30. The Labute approximate surface area is 117 Å². The van der Waals surface area contributed by atoms with E-state index in [0.29, 0.717) is 9.76 Å². The van der Waals surface area contributed by atoms with Crippen LogP contribution in [0.5, 0.6) is 0 Å². The van der Waals surface area contributed by atoms with Crippen molar-refractivity contribution in [1.82, 2.24) is 0 Å². The topological polar surface area (TPSA) is 43.1 Å². The van der Waals surface area contributed by atoms with Crippen LogP contribution in [0.1, 0.15) is 15.9 Å². The number of Topliss-reactive ketones (excluding diaryl/α,β-unsaturated/α-hetero) is 1. The number of rotatable bonds is 1. The molecule has 0 unspecified atom stereocenters. The Kier molecular flexibility index (Phi) is 2.79. The van der Waals surface area contributed by atoms with Crippen LogP contribution in [0, 0.1) is 16.8 Å². The molecule has 0 amide bonds. The van der Waals surface area contributed by atoms with Gasteiger partial charge in [0, 0.05) is 11.1 Å². The van der Waals surface area contributed by atoms with Crippen molar-refractivity contribution in [2.75, 3.05) is 0 Å². The number of benzene rings is 2. The van der Waals surface area contributed by atoms with E-state index in [1.54, 1.807) is 0 Å². The van der Waals surface area contributed by atoms with Gasteiger partial charge in [-0.1, -0.05) is 11.6 Å². The van der Waals surface area contributed by atoms with Gasteiger partial charge in [0.05, 0.1) is 5.56 Å². The molecule has 0 N–H and O–H groups in total. The summed E-state index contributed by atoms with van der Waals surface area (Å²) in [6.07, 6.45) is 0. The van der Waals surface area contributed by atoms with Crippen molar-refractivity contribution >= 4 is 28.8 Å². The number of nitrogens with zero attached hydrogens (tertiary/aromatic N) is 1. The summed E-state index contributed by atoms with van der Waals surface area (Å²) >= 11 is 5.78. The summed E-state index contributed by atoms with van der Waals surface area (Å²) in [5, 5.41) is 12.4. The molecule has 0 spiro atoms. The second kappa shape index (κ2) is 4.38. The molecule has 1 aliphatic heterocycles. The van der Waals surface area contributed by atoms with Crippen LogP contribution in [-0.2, 0) is 0 Å². The number of carbonyl (C=O) groups excluding carboxylic acids is 1. The average Bonchev–Trinajstić information content (AvgIpc) is 2.65. The van der Waals surface area contributed by atoms with Gasteiger partial charge in [0.2, 0.25) is 5.69 Å². The highest BCUT2D eigenvalue weighted by molar-refractivity contribution is 6.52. The Morgan fingerprint density at radius 3 is 2.50 bits per heavy atom. The molecule has 100 valence electrons. The number of carbonyl (C=O) groups is 1. The lowest BCUT2D eigenvalue weighted by Crippen LogP contribution is -2.17. The first-order valence-electron chi connectivity index (χ1n) is 5.63. The summed E-state index contributed by atoms with van der Waals surface area (Å²) in [7, 11) is 0. The minimum absolute atomic E-state index is 0.0243. The van der Waals surface area contributed by atoms with Crippen LogP contribution in [0.4, 0.5) is 14.5 Å². The lowest BCUT2D eigenvalue weighted by atomic mass is 10.0. The predicted molar refractivity (Wildman–Crippen MR) is 69.5 cm³/mol. The van der Waals surface area contributed by atoms with Crippen LogP contribution in [0.25, 0.3) is 0 Å². The predicted octanol–water partition coefficient (Wildman–Crippen LogP) is 3.45. The highest BCUT2D eigenvalue weighted by atomic mass is 35.5. The molecule has 20 heavy (non-hydrogen) atoms. The molecule has 0 bridgehead atoms. The molecule has 1 heterocycles. The summed E-state index contributed by atoms with van der Waals surface area (Å²) < 4.78 is 26.6. The monoisotopic (exact) mass is 293 g/mol. The first-order valence-corrected chi connectivity index (χ1v) is 6.00. The van der Waals surface area contributed by atoms with Gasteiger partial charge in [0.15, 0.2) is 11.6 Å². The fourth-order valence-electron chi connectivity index (χ4n) is 2.10. The maximum atomic E-state index is 13.2. The van der Waals surface area contributed by atoms with Gasteiger partial charge in [-0.3, -0.25) is 4.79 Å². The van der Waals surface area contributed by atoms with Crippen molar-refractivity contribution in [3.05, 3.63) is 69.4 Å². The molecule has 0 fully saturated rings. The molecule has 0 aromatic heterocycles. The molecular formula is C14H6ClF2NO2. The van der Waals surface area contributed by atoms with Gasteiger partial charge < -0.3 is 5.21 Å². The van der Waals surface area contributed by atoms with E-state index in [1.165, 1.54) is 24.3 Å². The quantitative estimate of drug-likeness (QED) is 0.597. The molecule has 2 aromatic rings. The van der Waals surface area contributed by atoms with Crippen LogP contribution in [0.2, 0.25) is 5.02 Å². The zero-order valence-corrected chi connectivity index (χ0v) is 10.6. The van der Waals surface area contributed by atoms with E-state index < -0.39 is 17.4 Å². The molecule has 6 heteroatoms. The average molecular weight is 294 g/mol. The van der Waals surface area contributed by atoms with Crippen molar-refractivity contribution in [3.8, 4) is 0 Å². The number of ketones is 1. The molecule has 0 saturated heterocycles. The molecule has 0 aliphatic carbocycles. The van der Waals surface area contributed by atoms with Gasteiger partial charge in [-0.15, -0.1) is 0 Å². The zero-order valence-electron chi connectivity index (χ0n) is 9.86. The first-order chi connectivity index (χ1) is 9.49. The minimum atomic E-state index is -1.12. The molecule has 0 saturated carbocycles. The Hall–Kier alpha value is -2.27. The summed E-state index contributed by atoms with van der Waals surface area (Å²) in [6, 6.07) is 7.14. The van der Waals surface area contributed by atoms with E-state index in [-0.39, 0.29) is 22.5 Å².